The second-order valence-corrected chi connectivity index (χ2v) is 10.2. The van der Waals surface area contributed by atoms with Crippen molar-refractivity contribution in [3.8, 4) is 22.8 Å². The van der Waals surface area contributed by atoms with Gasteiger partial charge in [0.15, 0.2) is 17.3 Å². The number of methoxy groups -OCH3 is 2. The molecule has 0 spiro atoms. The van der Waals surface area contributed by atoms with E-state index in [1.54, 1.807) is 71.5 Å². The largest absolute Gasteiger partial charge is 0.493 e. The van der Waals surface area contributed by atoms with Gasteiger partial charge in [-0.25, -0.2) is 14.8 Å². The van der Waals surface area contributed by atoms with E-state index in [1.165, 1.54) is 0 Å². The molecule has 0 saturated carbocycles. The molecule has 11 nitrogen and oxygen atoms in total. The fraction of sp³-hybridized carbons (Fsp3) is 0.345. The summed E-state index contributed by atoms with van der Waals surface area (Å²) in [4.78, 5) is 46.4. The Morgan fingerprint density at radius 2 is 1.82 bits per heavy atom. The molecule has 0 atom stereocenters. The smallest absolute Gasteiger partial charge is 0.407 e. The summed E-state index contributed by atoms with van der Waals surface area (Å²) >= 11 is 0. The van der Waals surface area contributed by atoms with Crippen LogP contribution >= 0.6 is 0 Å². The van der Waals surface area contributed by atoms with Gasteiger partial charge in [-0.2, -0.15) is 0 Å². The number of hydrogen-bond acceptors (Lipinski definition) is 9. The molecule has 3 N–H and O–H groups in total. The highest BCUT2D eigenvalue weighted by Gasteiger charge is 2.23. The molecule has 1 aliphatic heterocycles. The lowest BCUT2D eigenvalue weighted by atomic mass is 10.00. The molecule has 0 fully saturated rings. The molecule has 1 aliphatic rings. The highest BCUT2D eigenvalue weighted by molar-refractivity contribution is 6.03. The van der Waals surface area contributed by atoms with Crippen molar-refractivity contribution in [2.24, 2.45) is 0 Å². The minimum absolute atomic E-state index is 0.0975. The SMILES string of the molecule is COc1ccc(Nc2ncc3c(n2)-c2ccc(C(=O)CCCNC(=O)OC(C)(C)C)cc2NC(=O)C3)cc1OC. The van der Waals surface area contributed by atoms with Gasteiger partial charge in [0.1, 0.15) is 5.60 Å². The molecule has 40 heavy (non-hydrogen) atoms. The second-order valence-electron chi connectivity index (χ2n) is 10.2. The Labute approximate surface area is 232 Å². The summed E-state index contributed by atoms with van der Waals surface area (Å²) < 4.78 is 15.9. The fourth-order valence-electron chi connectivity index (χ4n) is 4.17. The van der Waals surface area contributed by atoms with E-state index in [-0.39, 0.29) is 24.5 Å². The maximum absolute atomic E-state index is 12.9. The summed E-state index contributed by atoms with van der Waals surface area (Å²) in [6, 6.07) is 10.5. The third-order valence-corrected chi connectivity index (χ3v) is 5.97. The number of alkyl carbamates (subject to hydrolysis) is 1. The van der Waals surface area contributed by atoms with Crippen LogP contribution in [0.5, 0.6) is 11.5 Å². The van der Waals surface area contributed by atoms with Gasteiger partial charge in [0, 0.05) is 47.6 Å². The van der Waals surface area contributed by atoms with E-state index in [9.17, 15) is 14.4 Å². The molecular weight excluding hydrogens is 514 g/mol. The van der Waals surface area contributed by atoms with Gasteiger partial charge in [0.2, 0.25) is 11.9 Å². The maximum Gasteiger partial charge on any atom is 0.407 e. The molecule has 2 heterocycles. The van der Waals surface area contributed by atoms with E-state index < -0.39 is 11.7 Å². The van der Waals surface area contributed by atoms with Crippen LogP contribution in [0.4, 0.5) is 22.1 Å². The fourth-order valence-corrected chi connectivity index (χ4v) is 4.17. The molecule has 0 bridgehead atoms. The third-order valence-electron chi connectivity index (χ3n) is 5.97. The molecule has 0 radical (unpaired) electrons. The van der Waals surface area contributed by atoms with Crippen LogP contribution in [-0.2, 0) is 16.0 Å². The van der Waals surface area contributed by atoms with Gasteiger partial charge in [-0.05, 0) is 51.5 Å². The van der Waals surface area contributed by atoms with Crippen LogP contribution < -0.4 is 25.4 Å². The van der Waals surface area contributed by atoms with Crippen molar-refractivity contribution in [2.45, 2.75) is 45.6 Å². The summed E-state index contributed by atoms with van der Waals surface area (Å²) in [5.74, 6) is 1.16. The Bertz CT molecular complexity index is 1430. The minimum Gasteiger partial charge on any atom is -0.493 e. The number of aromatic nitrogens is 2. The second kappa shape index (κ2) is 12.0. The molecule has 11 heteroatoms. The van der Waals surface area contributed by atoms with Gasteiger partial charge in [-0.3, -0.25) is 9.59 Å². The molecule has 210 valence electrons. The third kappa shape index (κ3) is 7.04. The van der Waals surface area contributed by atoms with E-state index in [0.717, 1.165) is 0 Å². The number of anilines is 3. The van der Waals surface area contributed by atoms with Crippen LogP contribution in [0, 0.1) is 0 Å². The number of ketones is 1. The van der Waals surface area contributed by atoms with Crippen molar-refractivity contribution in [3.05, 3.63) is 53.7 Å². The Kier molecular flexibility index (Phi) is 8.52. The lowest BCUT2D eigenvalue weighted by Crippen LogP contribution is -2.33. The molecule has 0 aliphatic carbocycles. The zero-order chi connectivity index (χ0) is 28.9. The Morgan fingerprint density at radius 3 is 2.55 bits per heavy atom. The molecule has 0 saturated heterocycles. The molecular formula is C29H33N5O6. The number of fused-ring (bicyclic) bond motifs is 3. The van der Waals surface area contributed by atoms with E-state index in [0.29, 0.717) is 64.2 Å². The van der Waals surface area contributed by atoms with E-state index >= 15 is 0 Å². The zero-order valence-electron chi connectivity index (χ0n) is 23.2. The number of carbonyl (C=O) groups is 3. The highest BCUT2D eigenvalue weighted by Crippen LogP contribution is 2.35. The lowest BCUT2D eigenvalue weighted by molar-refractivity contribution is -0.115. The molecule has 1 aromatic heterocycles. The van der Waals surface area contributed by atoms with Crippen LogP contribution in [0.25, 0.3) is 11.3 Å². The van der Waals surface area contributed by atoms with E-state index in [4.69, 9.17) is 19.2 Å². The van der Waals surface area contributed by atoms with Gasteiger partial charge in [0.25, 0.3) is 0 Å². The normalized spacial score (nSPS) is 12.3. The molecule has 0 unspecified atom stereocenters. The lowest BCUT2D eigenvalue weighted by Gasteiger charge is -2.19. The van der Waals surface area contributed by atoms with Crippen LogP contribution in [-0.4, -0.2) is 54.1 Å². The number of hydrogen-bond donors (Lipinski definition) is 3. The molecule has 4 rings (SSSR count). The first kappa shape index (κ1) is 28.3. The summed E-state index contributed by atoms with van der Waals surface area (Å²) in [5.41, 5.74) is 3.00. The van der Waals surface area contributed by atoms with Gasteiger partial charge in [0.05, 0.1) is 32.0 Å². The van der Waals surface area contributed by atoms with Crippen LogP contribution in [0.1, 0.15) is 49.5 Å². The monoisotopic (exact) mass is 547 g/mol. The highest BCUT2D eigenvalue weighted by atomic mass is 16.6. The van der Waals surface area contributed by atoms with Gasteiger partial charge in [-0.1, -0.05) is 6.07 Å². The average molecular weight is 548 g/mol. The predicted octanol–water partition coefficient (Wildman–Crippen LogP) is 4.89. The number of nitrogens with one attached hydrogen (secondary N) is 3. The first-order valence-electron chi connectivity index (χ1n) is 12.9. The summed E-state index contributed by atoms with van der Waals surface area (Å²) in [7, 11) is 3.12. The minimum atomic E-state index is -0.588. The van der Waals surface area contributed by atoms with Crippen LogP contribution in [0.3, 0.4) is 0 Å². The van der Waals surface area contributed by atoms with Crippen molar-refractivity contribution in [3.63, 3.8) is 0 Å². The number of carbonyl (C=O) groups excluding carboxylic acids is 3. The summed E-state index contributed by atoms with van der Waals surface area (Å²) in [6.45, 7) is 5.66. The first-order chi connectivity index (χ1) is 19.1. The Balaban J connectivity index is 1.49. The molecule has 3 aromatic rings. The van der Waals surface area contributed by atoms with Gasteiger partial charge >= 0.3 is 6.09 Å². The first-order valence-corrected chi connectivity index (χ1v) is 12.9. The van der Waals surface area contributed by atoms with Crippen molar-refractivity contribution in [2.75, 3.05) is 31.4 Å². The maximum atomic E-state index is 12.9. The van der Waals surface area contributed by atoms with Crippen LogP contribution in [0.15, 0.2) is 42.6 Å². The quantitative estimate of drug-likeness (QED) is 0.252. The number of Topliss-reactive ketones (excluding diaryl/α,β-unsaturated/α-hetero) is 1. The summed E-state index contributed by atoms with van der Waals surface area (Å²) in [5, 5.41) is 8.70. The van der Waals surface area contributed by atoms with E-state index in [1.807, 2.05) is 6.07 Å². The number of benzene rings is 2. The molecule has 2 amide bonds. The van der Waals surface area contributed by atoms with E-state index in [2.05, 4.69) is 20.9 Å². The summed E-state index contributed by atoms with van der Waals surface area (Å²) in [6.07, 6.45) is 1.87. The van der Waals surface area contributed by atoms with Crippen molar-refractivity contribution >= 4 is 35.1 Å². The molecule has 2 aromatic carbocycles. The van der Waals surface area contributed by atoms with Crippen LogP contribution in [0.2, 0.25) is 0 Å². The Morgan fingerprint density at radius 1 is 1.05 bits per heavy atom. The number of rotatable bonds is 9. The van der Waals surface area contributed by atoms with Crippen molar-refractivity contribution < 1.29 is 28.6 Å². The number of nitrogens with zero attached hydrogens (tertiary/aromatic N) is 2. The van der Waals surface area contributed by atoms with Crippen molar-refractivity contribution in [1.29, 1.82) is 0 Å². The van der Waals surface area contributed by atoms with Gasteiger partial charge < -0.3 is 30.2 Å². The Hall–Kier alpha value is -4.67. The zero-order valence-corrected chi connectivity index (χ0v) is 23.2. The average Bonchev–Trinajstić information content (AvgIpc) is 3.04. The topological polar surface area (TPSA) is 141 Å². The standard InChI is InChI=1S/C29H33N5O6/c1-29(2,3)40-28(37)30-12-6-7-22(35)17-8-10-20-21(13-17)33-25(36)14-18-16-31-27(34-26(18)20)32-19-9-11-23(38-4)24(15-19)39-5/h8-11,13,15-16H,6-7,12,14H2,1-5H3,(H,30,37)(H,33,36)(H,31,32,34). The number of ether oxygens (including phenoxy) is 3. The van der Waals surface area contributed by atoms with Crippen molar-refractivity contribution in [1.82, 2.24) is 15.3 Å². The number of amides is 2. The van der Waals surface area contributed by atoms with Gasteiger partial charge in [-0.15, -0.1) is 0 Å². The predicted molar refractivity (Wildman–Crippen MR) is 150 cm³/mol.